The Labute approximate surface area is 139 Å². The molecule has 0 radical (unpaired) electrons. The molecule has 0 bridgehead atoms. The normalized spacial score (nSPS) is 16.2. The van der Waals surface area contributed by atoms with E-state index in [0.29, 0.717) is 11.3 Å². The number of carbonyl (C=O) groups is 1. The van der Waals surface area contributed by atoms with Crippen LogP contribution < -0.4 is 5.32 Å². The molecule has 2 heterocycles. The van der Waals surface area contributed by atoms with Crippen LogP contribution in [0.25, 0.3) is 11.6 Å². The predicted octanol–water partition coefficient (Wildman–Crippen LogP) is 1.31. The number of hydrogen-bond acceptors (Lipinski definition) is 5. The number of amides is 1. The minimum absolute atomic E-state index is 0.0554. The number of para-hydroxylation sites is 1. The van der Waals surface area contributed by atoms with Crippen molar-refractivity contribution >= 4 is 42.9 Å². The summed E-state index contributed by atoms with van der Waals surface area (Å²) in [5.41, 5.74) is 1.55. The van der Waals surface area contributed by atoms with Gasteiger partial charge in [-0.3, -0.25) is 4.79 Å². The summed E-state index contributed by atoms with van der Waals surface area (Å²) in [6, 6.07) is 8.03. The second-order valence-corrected chi connectivity index (χ2v) is 9.48. The highest BCUT2D eigenvalue weighted by atomic mass is 32.2. The lowest BCUT2D eigenvalue weighted by Gasteiger charge is -1.99. The maximum absolute atomic E-state index is 12.1. The first-order valence-electron chi connectivity index (χ1n) is 6.83. The Morgan fingerprint density at radius 3 is 2.29 bits per heavy atom. The first kappa shape index (κ1) is 16.5. The van der Waals surface area contributed by atoms with Crippen LogP contribution in [0.3, 0.4) is 0 Å². The van der Waals surface area contributed by atoms with Gasteiger partial charge >= 0.3 is 0 Å². The van der Waals surface area contributed by atoms with E-state index >= 15 is 0 Å². The molecule has 24 heavy (non-hydrogen) atoms. The van der Waals surface area contributed by atoms with Crippen LogP contribution in [0.4, 0.5) is 5.69 Å². The number of anilines is 1. The van der Waals surface area contributed by atoms with Crippen LogP contribution in [-0.4, -0.2) is 40.2 Å². The van der Waals surface area contributed by atoms with Gasteiger partial charge in [0.25, 0.3) is 5.91 Å². The monoisotopic (exact) mass is 366 g/mol. The van der Waals surface area contributed by atoms with Gasteiger partial charge in [0, 0.05) is 23.8 Å². The van der Waals surface area contributed by atoms with E-state index in [2.05, 4.69) is 10.3 Å². The van der Waals surface area contributed by atoms with E-state index in [4.69, 9.17) is 0 Å². The predicted molar refractivity (Wildman–Crippen MR) is 90.0 cm³/mol. The summed E-state index contributed by atoms with van der Waals surface area (Å²) in [7, 11) is -7.30. The third-order valence-electron chi connectivity index (χ3n) is 3.58. The first-order chi connectivity index (χ1) is 11.1. The number of aromatic amines is 1. The van der Waals surface area contributed by atoms with Crippen molar-refractivity contribution in [3.63, 3.8) is 0 Å². The van der Waals surface area contributed by atoms with Gasteiger partial charge in [0.15, 0.2) is 19.7 Å². The highest BCUT2D eigenvalue weighted by Crippen LogP contribution is 2.34. The summed E-state index contributed by atoms with van der Waals surface area (Å²) in [5, 5.41) is 2.45. The third-order valence-corrected chi connectivity index (χ3v) is 5.74. The third kappa shape index (κ3) is 2.87. The Morgan fingerprint density at radius 1 is 1.00 bits per heavy atom. The molecule has 0 saturated carbocycles. The molecule has 0 saturated heterocycles. The Morgan fingerprint density at radius 2 is 1.67 bits per heavy atom. The van der Waals surface area contributed by atoms with Gasteiger partial charge in [-0.15, -0.1) is 0 Å². The number of fused-ring (bicyclic) bond motifs is 1. The summed E-state index contributed by atoms with van der Waals surface area (Å²) < 4.78 is 47.3. The standard InChI is InChI=1S/C15H14N2O5S2/c1-23(19,20)13-8-14(24(2,21)22)16-12(13)7-10-9-5-3-4-6-11(9)17-15(10)18/h3-8,16H,1-2H3,(H,17,18). The summed E-state index contributed by atoms with van der Waals surface area (Å²) >= 11 is 0. The van der Waals surface area contributed by atoms with Gasteiger partial charge < -0.3 is 10.3 Å². The average molecular weight is 366 g/mol. The van der Waals surface area contributed by atoms with E-state index in [-0.39, 0.29) is 27.1 Å². The molecule has 0 atom stereocenters. The van der Waals surface area contributed by atoms with E-state index < -0.39 is 19.7 Å². The number of H-pyrrole nitrogens is 1. The molecule has 1 aromatic heterocycles. The SMILES string of the molecule is CS(=O)(=O)c1cc(S(C)(=O)=O)c(C=C2C(=O)Nc3ccccc32)[nH]1. The summed E-state index contributed by atoms with van der Waals surface area (Å²) in [6.45, 7) is 0. The molecule has 126 valence electrons. The van der Waals surface area contributed by atoms with Crippen LogP contribution in [0.5, 0.6) is 0 Å². The molecule has 0 unspecified atom stereocenters. The van der Waals surface area contributed by atoms with Crippen LogP contribution >= 0.6 is 0 Å². The van der Waals surface area contributed by atoms with E-state index in [0.717, 1.165) is 18.6 Å². The Bertz CT molecular complexity index is 1090. The van der Waals surface area contributed by atoms with Gasteiger partial charge in [-0.25, -0.2) is 16.8 Å². The second-order valence-electron chi connectivity index (χ2n) is 5.51. The zero-order chi connectivity index (χ0) is 17.7. The van der Waals surface area contributed by atoms with Gasteiger partial charge in [-0.2, -0.15) is 0 Å². The fourth-order valence-corrected chi connectivity index (χ4v) is 4.01. The van der Waals surface area contributed by atoms with Crippen LogP contribution in [0.1, 0.15) is 11.3 Å². The molecule has 0 spiro atoms. The van der Waals surface area contributed by atoms with Gasteiger partial charge in [0.2, 0.25) is 0 Å². The number of sulfone groups is 2. The molecule has 2 N–H and O–H groups in total. The molecule has 0 fully saturated rings. The quantitative estimate of drug-likeness (QED) is 0.795. The molecule has 2 aromatic rings. The zero-order valence-electron chi connectivity index (χ0n) is 12.8. The smallest absolute Gasteiger partial charge is 0.256 e. The number of aromatic nitrogens is 1. The van der Waals surface area contributed by atoms with Crippen molar-refractivity contribution in [1.29, 1.82) is 0 Å². The van der Waals surface area contributed by atoms with Crippen molar-refractivity contribution in [2.24, 2.45) is 0 Å². The maximum Gasteiger partial charge on any atom is 0.256 e. The van der Waals surface area contributed by atoms with Crippen molar-refractivity contribution in [3.8, 4) is 0 Å². The average Bonchev–Trinajstić information content (AvgIpc) is 3.01. The molecule has 1 aliphatic heterocycles. The molecule has 3 rings (SSSR count). The minimum Gasteiger partial charge on any atom is -0.345 e. The van der Waals surface area contributed by atoms with Crippen molar-refractivity contribution in [3.05, 3.63) is 41.6 Å². The highest BCUT2D eigenvalue weighted by molar-refractivity contribution is 7.91. The van der Waals surface area contributed by atoms with Crippen molar-refractivity contribution in [2.45, 2.75) is 9.92 Å². The summed E-state index contributed by atoms with van der Waals surface area (Å²) in [4.78, 5) is 14.5. The van der Waals surface area contributed by atoms with Crippen LogP contribution in [0.2, 0.25) is 0 Å². The van der Waals surface area contributed by atoms with Crippen LogP contribution in [0.15, 0.2) is 40.3 Å². The first-order valence-corrected chi connectivity index (χ1v) is 10.6. The number of nitrogens with one attached hydrogen (secondary N) is 2. The molecule has 1 amide bonds. The van der Waals surface area contributed by atoms with Gasteiger partial charge in [0.1, 0.15) is 5.03 Å². The number of rotatable bonds is 3. The molecule has 9 heteroatoms. The fourth-order valence-electron chi connectivity index (χ4n) is 2.47. The lowest BCUT2D eigenvalue weighted by molar-refractivity contribution is -0.110. The molecular weight excluding hydrogens is 352 g/mol. The van der Waals surface area contributed by atoms with Gasteiger partial charge in [0.05, 0.1) is 16.2 Å². The molecule has 7 nitrogen and oxygen atoms in total. The van der Waals surface area contributed by atoms with E-state index in [1.807, 2.05) is 0 Å². The topological polar surface area (TPSA) is 113 Å². The minimum atomic E-state index is -3.68. The fraction of sp³-hybridized carbons (Fsp3) is 0.133. The maximum atomic E-state index is 12.1. The molecular formula is C15H14N2O5S2. The Balaban J connectivity index is 2.24. The van der Waals surface area contributed by atoms with Crippen LogP contribution in [0, 0.1) is 0 Å². The molecule has 1 aromatic carbocycles. The number of benzene rings is 1. The molecule has 1 aliphatic rings. The highest BCUT2D eigenvalue weighted by Gasteiger charge is 2.26. The zero-order valence-corrected chi connectivity index (χ0v) is 14.5. The van der Waals surface area contributed by atoms with Crippen molar-refractivity contribution in [1.82, 2.24) is 4.98 Å². The Kier molecular flexibility index (Phi) is 3.65. The Hall–Kier alpha value is -2.39. The lowest BCUT2D eigenvalue weighted by atomic mass is 10.1. The van der Waals surface area contributed by atoms with E-state index in [9.17, 15) is 21.6 Å². The summed E-state index contributed by atoms with van der Waals surface area (Å²) in [5.74, 6) is -0.383. The van der Waals surface area contributed by atoms with E-state index in [1.54, 1.807) is 24.3 Å². The largest absolute Gasteiger partial charge is 0.345 e. The number of carbonyl (C=O) groups excluding carboxylic acids is 1. The lowest BCUT2D eigenvalue weighted by Crippen LogP contribution is -2.04. The second kappa shape index (κ2) is 5.32. The van der Waals surface area contributed by atoms with Gasteiger partial charge in [-0.05, 0) is 18.2 Å². The molecule has 0 aliphatic carbocycles. The van der Waals surface area contributed by atoms with Crippen molar-refractivity contribution < 1.29 is 21.6 Å². The van der Waals surface area contributed by atoms with Crippen LogP contribution in [-0.2, 0) is 24.5 Å². The summed E-state index contributed by atoms with van der Waals surface area (Å²) in [6.07, 6.45) is 3.30. The van der Waals surface area contributed by atoms with Crippen molar-refractivity contribution in [2.75, 3.05) is 17.8 Å². The number of hydrogen-bond donors (Lipinski definition) is 2. The van der Waals surface area contributed by atoms with Gasteiger partial charge in [-0.1, -0.05) is 18.2 Å². The van der Waals surface area contributed by atoms with E-state index in [1.165, 1.54) is 6.08 Å².